The predicted molar refractivity (Wildman–Crippen MR) is 76.7 cm³/mol. The van der Waals surface area contributed by atoms with Crippen LogP contribution in [0.3, 0.4) is 0 Å². The molecule has 0 atom stereocenters. The minimum Gasteiger partial charge on any atom is -0.383 e. The summed E-state index contributed by atoms with van der Waals surface area (Å²) in [5.41, 5.74) is 9.14. The molecule has 1 heterocycles. The molecule has 2 N–H and O–H groups in total. The minimum atomic E-state index is 0.730. The van der Waals surface area contributed by atoms with E-state index in [-0.39, 0.29) is 0 Å². The van der Waals surface area contributed by atoms with Crippen LogP contribution in [0.15, 0.2) is 24.5 Å². The van der Waals surface area contributed by atoms with Crippen LogP contribution in [-0.2, 0) is 6.54 Å². The van der Waals surface area contributed by atoms with E-state index in [1.807, 2.05) is 36.0 Å². The van der Waals surface area contributed by atoms with Crippen molar-refractivity contribution in [3.8, 4) is 11.3 Å². The maximum Gasteiger partial charge on any atom is 0.131 e. The Morgan fingerprint density at radius 3 is 2.83 bits per heavy atom. The van der Waals surface area contributed by atoms with Gasteiger partial charge < -0.3 is 10.3 Å². The van der Waals surface area contributed by atoms with E-state index in [1.54, 1.807) is 0 Å². The number of aryl methyl sites for hydroxylation is 2. The highest BCUT2D eigenvalue weighted by Gasteiger charge is 2.11. The fourth-order valence-corrected chi connectivity index (χ4v) is 2.23. The summed E-state index contributed by atoms with van der Waals surface area (Å²) in [5.74, 6) is 0.730. The summed E-state index contributed by atoms with van der Waals surface area (Å²) in [7, 11) is 0. The molecule has 0 saturated carbocycles. The lowest BCUT2D eigenvalue weighted by Gasteiger charge is -2.07. The Bertz CT molecular complexity index is 546. The molecule has 2 rings (SSSR count). The molecule has 0 aliphatic heterocycles. The van der Waals surface area contributed by atoms with E-state index in [4.69, 9.17) is 17.3 Å². The number of rotatable bonds is 4. The van der Waals surface area contributed by atoms with E-state index < -0.39 is 0 Å². The highest BCUT2D eigenvalue weighted by molar-refractivity contribution is 6.30. The average molecular weight is 264 g/mol. The zero-order valence-corrected chi connectivity index (χ0v) is 11.5. The largest absolute Gasteiger partial charge is 0.383 e. The maximum absolute atomic E-state index is 6.15. The van der Waals surface area contributed by atoms with Crippen molar-refractivity contribution in [3.05, 3.63) is 35.1 Å². The number of halogens is 1. The van der Waals surface area contributed by atoms with Crippen LogP contribution in [-0.4, -0.2) is 9.55 Å². The molecule has 18 heavy (non-hydrogen) atoms. The van der Waals surface area contributed by atoms with Crippen LogP contribution in [0.4, 0.5) is 5.82 Å². The van der Waals surface area contributed by atoms with Gasteiger partial charge >= 0.3 is 0 Å². The van der Waals surface area contributed by atoms with E-state index in [2.05, 4.69) is 11.9 Å². The zero-order chi connectivity index (χ0) is 13.1. The molecule has 0 amide bonds. The Labute approximate surface area is 113 Å². The minimum absolute atomic E-state index is 0.730. The SMILES string of the molecule is CCCCn1cnc(-c2ccc(Cl)cc2C)c1N. The summed E-state index contributed by atoms with van der Waals surface area (Å²) in [6.45, 7) is 5.10. The Balaban J connectivity index is 2.36. The summed E-state index contributed by atoms with van der Waals surface area (Å²) in [4.78, 5) is 4.42. The summed E-state index contributed by atoms with van der Waals surface area (Å²) >= 11 is 5.96. The van der Waals surface area contributed by atoms with Crippen LogP contribution in [0.1, 0.15) is 25.3 Å². The summed E-state index contributed by atoms with van der Waals surface area (Å²) in [6, 6.07) is 5.77. The number of hydrogen-bond acceptors (Lipinski definition) is 2. The third-order valence-electron chi connectivity index (χ3n) is 3.07. The second-order valence-corrected chi connectivity index (χ2v) is 4.92. The standard InChI is InChI=1S/C14H18ClN3/c1-3-4-7-18-9-17-13(14(18)16)12-6-5-11(15)8-10(12)2/h5-6,8-9H,3-4,7,16H2,1-2H3. The number of anilines is 1. The highest BCUT2D eigenvalue weighted by atomic mass is 35.5. The van der Waals surface area contributed by atoms with Gasteiger partial charge in [0.15, 0.2) is 0 Å². The molecule has 1 aromatic heterocycles. The van der Waals surface area contributed by atoms with Crippen molar-refractivity contribution in [2.75, 3.05) is 5.73 Å². The molecule has 0 bridgehead atoms. The lowest BCUT2D eigenvalue weighted by molar-refractivity contribution is 0.637. The van der Waals surface area contributed by atoms with Gasteiger partial charge in [0, 0.05) is 17.1 Å². The second kappa shape index (κ2) is 5.44. The third kappa shape index (κ3) is 2.51. The van der Waals surface area contributed by atoms with E-state index in [0.717, 1.165) is 47.0 Å². The topological polar surface area (TPSA) is 43.8 Å². The molecule has 0 aliphatic rings. The number of benzene rings is 1. The first-order valence-electron chi connectivity index (χ1n) is 6.20. The van der Waals surface area contributed by atoms with Crippen LogP contribution in [0.5, 0.6) is 0 Å². The summed E-state index contributed by atoms with van der Waals surface area (Å²) < 4.78 is 2.01. The average Bonchev–Trinajstić information content (AvgIpc) is 2.68. The van der Waals surface area contributed by atoms with Gasteiger partial charge in [-0.1, -0.05) is 31.0 Å². The molecule has 0 radical (unpaired) electrons. The lowest BCUT2D eigenvalue weighted by Crippen LogP contribution is -2.02. The van der Waals surface area contributed by atoms with Crippen molar-refractivity contribution in [1.82, 2.24) is 9.55 Å². The number of nitrogens with two attached hydrogens (primary N) is 1. The van der Waals surface area contributed by atoms with Gasteiger partial charge in [-0.25, -0.2) is 4.98 Å². The van der Waals surface area contributed by atoms with Crippen LogP contribution >= 0.6 is 11.6 Å². The molecule has 96 valence electrons. The number of imidazole rings is 1. The molecular formula is C14H18ClN3. The van der Waals surface area contributed by atoms with Gasteiger partial charge in [-0.05, 0) is 31.0 Å². The number of nitrogen functional groups attached to an aromatic ring is 1. The van der Waals surface area contributed by atoms with Crippen molar-refractivity contribution in [1.29, 1.82) is 0 Å². The quantitative estimate of drug-likeness (QED) is 0.909. The van der Waals surface area contributed by atoms with Gasteiger partial charge in [-0.15, -0.1) is 0 Å². The van der Waals surface area contributed by atoms with Gasteiger partial charge in [-0.3, -0.25) is 0 Å². The Hall–Kier alpha value is -1.48. The molecule has 2 aromatic rings. The molecule has 0 aliphatic carbocycles. The molecular weight excluding hydrogens is 246 g/mol. The monoisotopic (exact) mass is 263 g/mol. The molecule has 1 aromatic carbocycles. The van der Waals surface area contributed by atoms with E-state index in [0.29, 0.717) is 0 Å². The van der Waals surface area contributed by atoms with Crippen molar-refractivity contribution in [2.24, 2.45) is 0 Å². The summed E-state index contributed by atoms with van der Waals surface area (Å²) in [6.07, 6.45) is 4.07. The van der Waals surface area contributed by atoms with Crippen LogP contribution in [0, 0.1) is 6.92 Å². The van der Waals surface area contributed by atoms with Gasteiger partial charge in [-0.2, -0.15) is 0 Å². The van der Waals surface area contributed by atoms with Gasteiger partial charge in [0.1, 0.15) is 11.5 Å². The molecule has 4 heteroatoms. The van der Waals surface area contributed by atoms with Crippen LogP contribution < -0.4 is 5.73 Å². The first kappa shape index (κ1) is 13.0. The molecule has 0 unspecified atom stereocenters. The highest BCUT2D eigenvalue weighted by Crippen LogP contribution is 2.29. The Morgan fingerprint density at radius 2 is 2.17 bits per heavy atom. The van der Waals surface area contributed by atoms with Crippen LogP contribution in [0.2, 0.25) is 5.02 Å². The Morgan fingerprint density at radius 1 is 1.39 bits per heavy atom. The van der Waals surface area contributed by atoms with E-state index >= 15 is 0 Å². The van der Waals surface area contributed by atoms with E-state index in [9.17, 15) is 0 Å². The smallest absolute Gasteiger partial charge is 0.131 e. The molecule has 0 spiro atoms. The Kier molecular flexibility index (Phi) is 3.92. The van der Waals surface area contributed by atoms with Gasteiger partial charge in [0.2, 0.25) is 0 Å². The number of aromatic nitrogens is 2. The summed E-state index contributed by atoms with van der Waals surface area (Å²) in [5, 5.41) is 0.736. The number of nitrogens with zero attached hydrogens (tertiary/aromatic N) is 2. The van der Waals surface area contributed by atoms with Gasteiger partial charge in [0.05, 0.1) is 6.33 Å². The zero-order valence-electron chi connectivity index (χ0n) is 10.8. The van der Waals surface area contributed by atoms with E-state index in [1.165, 1.54) is 0 Å². The van der Waals surface area contributed by atoms with Crippen molar-refractivity contribution in [3.63, 3.8) is 0 Å². The normalized spacial score (nSPS) is 10.8. The maximum atomic E-state index is 6.15. The molecule has 0 saturated heterocycles. The number of unbranched alkanes of at least 4 members (excludes halogenated alkanes) is 1. The number of hydrogen-bond donors (Lipinski definition) is 1. The first-order valence-corrected chi connectivity index (χ1v) is 6.58. The first-order chi connectivity index (χ1) is 8.63. The predicted octanol–water partition coefficient (Wildman–Crippen LogP) is 3.89. The van der Waals surface area contributed by atoms with Crippen molar-refractivity contribution < 1.29 is 0 Å². The fourth-order valence-electron chi connectivity index (χ4n) is 2.00. The van der Waals surface area contributed by atoms with Crippen LogP contribution in [0.25, 0.3) is 11.3 Å². The third-order valence-corrected chi connectivity index (χ3v) is 3.31. The van der Waals surface area contributed by atoms with Gasteiger partial charge in [0.25, 0.3) is 0 Å². The van der Waals surface area contributed by atoms with Crippen molar-refractivity contribution >= 4 is 17.4 Å². The molecule has 3 nitrogen and oxygen atoms in total. The van der Waals surface area contributed by atoms with Crippen molar-refractivity contribution in [2.45, 2.75) is 33.2 Å². The fraction of sp³-hybridized carbons (Fsp3) is 0.357. The molecule has 0 fully saturated rings. The lowest BCUT2D eigenvalue weighted by atomic mass is 10.1. The second-order valence-electron chi connectivity index (χ2n) is 4.48.